The molecule has 0 bridgehead atoms. The van der Waals surface area contributed by atoms with Gasteiger partial charge in [0.25, 0.3) is 0 Å². The summed E-state index contributed by atoms with van der Waals surface area (Å²) >= 11 is 3.71. The van der Waals surface area contributed by atoms with E-state index in [9.17, 15) is 0 Å². The molecule has 3 saturated heterocycles. The van der Waals surface area contributed by atoms with Crippen LogP contribution in [-0.4, -0.2) is 46.5 Å². The van der Waals surface area contributed by atoms with Crippen LogP contribution >= 0.6 is 15.9 Å². The predicted octanol–water partition coefficient (Wildman–Crippen LogP) is 1.37. The van der Waals surface area contributed by atoms with E-state index in [0.717, 1.165) is 54.9 Å². The zero-order valence-corrected chi connectivity index (χ0v) is 18.3. The van der Waals surface area contributed by atoms with Gasteiger partial charge in [0.1, 0.15) is 5.82 Å². The van der Waals surface area contributed by atoms with Crippen molar-refractivity contribution in [3.63, 3.8) is 0 Å². The molecule has 3 aliphatic rings. The van der Waals surface area contributed by atoms with Crippen molar-refractivity contribution in [1.29, 1.82) is 0 Å². The number of aryl methyl sites for hydroxylation is 1. The Hall–Kier alpha value is -1.52. The van der Waals surface area contributed by atoms with Crippen molar-refractivity contribution in [1.82, 2.24) is 30.9 Å². The Labute approximate surface area is 179 Å². The van der Waals surface area contributed by atoms with Crippen molar-refractivity contribution in [3.05, 3.63) is 40.3 Å². The van der Waals surface area contributed by atoms with Crippen LogP contribution in [-0.2, 0) is 7.05 Å². The van der Waals surface area contributed by atoms with Crippen LogP contribution in [0.1, 0.15) is 42.6 Å². The van der Waals surface area contributed by atoms with E-state index >= 15 is 0 Å². The third kappa shape index (κ3) is 3.82. The van der Waals surface area contributed by atoms with Crippen LogP contribution in [0.25, 0.3) is 0 Å². The summed E-state index contributed by atoms with van der Waals surface area (Å²) in [6.45, 7) is 2.86. The second-order valence-electron chi connectivity index (χ2n) is 8.55. The highest BCUT2D eigenvalue weighted by atomic mass is 79.9. The quantitative estimate of drug-likeness (QED) is 0.549. The largest absolute Gasteiger partial charge is 0.356 e. The van der Waals surface area contributed by atoms with Gasteiger partial charge >= 0.3 is 0 Å². The summed E-state index contributed by atoms with van der Waals surface area (Å²) in [6, 6.07) is 5.52. The molecular weight excluding hydrogens is 432 g/mol. The van der Waals surface area contributed by atoms with Crippen LogP contribution in [0.2, 0.25) is 0 Å². The SMILES string of the molecule is Cn1cc(C2CC3C(CN2)NNC3c2ccc(Br)c(N3CCC(N)CC3)n2)cn1. The Bertz CT molecular complexity index is 862. The summed E-state index contributed by atoms with van der Waals surface area (Å²) in [6.07, 6.45) is 7.17. The molecule has 0 aromatic carbocycles. The fourth-order valence-electron chi connectivity index (χ4n) is 4.89. The summed E-state index contributed by atoms with van der Waals surface area (Å²) in [5, 5.41) is 8.01. The number of hydrogen-bond donors (Lipinski definition) is 4. The number of rotatable bonds is 3. The number of piperidine rings is 2. The summed E-state index contributed by atoms with van der Waals surface area (Å²) in [5.74, 6) is 1.51. The molecular formula is C20H29BrN8. The second-order valence-corrected chi connectivity index (χ2v) is 9.40. The zero-order valence-electron chi connectivity index (χ0n) is 16.7. The minimum absolute atomic E-state index is 0.195. The first-order valence-electron chi connectivity index (χ1n) is 10.5. The normalized spacial score (nSPS) is 30.5. The van der Waals surface area contributed by atoms with Crippen LogP contribution in [0.3, 0.4) is 0 Å². The van der Waals surface area contributed by atoms with Crippen molar-refractivity contribution in [3.8, 4) is 0 Å². The average Bonchev–Trinajstić information content (AvgIpc) is 3.35. The monoisotopic (exact) mass is 460 g/mol. The Morgan fingerprint density at radius 3 is 2.79 bits per heavy atom. The fourth-order valence-corrected chi connectivity index (χ4v) is 5.36. The van der Waals surface area contributed by atoms with Gasteiger partial charge in [-0.05, 0) is 47.3 Å². The maximum atomic E-state index is 6.09. The van der Waals surface area contributed by atoms with E-state index in [4.69, 9.17) is 10.7 Å². The van der Waals surface area contributed by atoms with E-state index in [1.165, 1.54) is 5.56 Å². The lowest BCUT2D eigenvalue weighted by Gasteiger charge is -2.34. The molecule has 156 valence electrons. The van der Waals surface area contributed by atoms with Crippen molar-refractivity contribution in [2.45, 2.75) is 43.4 Å². The molecule has 2 aromatic rings. The second kappa shape index (κ2) is 7.96. The van der Waals surface area contributed by atoms with Crippen LogP contribution in [0.15, 0.2) is 29.0 Å². The molecule has 5 N–H and O–H groups in total. The standard InChI is InChI=1S/C20H29BrN8/c1-28-11-12(9-24-28)17-8-14-18(10-23-17)26-27-19(14)16-3-2-15(21)20(25-16)29-6-4-13(22)5-7-29/h2-3,9,11,13-14,17-19,23,26-27H,4-8,10,22H2,1H3. The highest BCUT2D eigenvalue weighted by Gasteiger charge is 2.42. The highest BCUT2D eigenvalue weighted by Crippen LogP contribution is 2.39. The zero-order chi connectivity index (χ0) is 20.0. The summed E-state index contributed by atoms with van der Waals surface area (Å²) in [5.41, 5.74) is 15.5. The van der Waals surface area contributed by atoms with E-state index in [0.29, 0.717) is 24.0 Å². The Balaban J connectivity index is 1.37. The van der Waals surface area contributed by atoms with E-state index in [2.05, 4.69) is 60.4 Å². The Kier molecular flexibility index (Phi) is 5.34. The van der Waals surface area contributed by atoms with Gasteiger partial charge in [-0.2, -0.15) is 5.10 Å². The van der Waals surface area contributed by atoms with Gasteiger partial charge in [-0.25, -0.2) is 10.4 Å². The van der Waals surface area contributed by atoms with Gasteiger partial charge in [0.15, 0.2) is 0 Å². The topological polar surface area (TPSA) is 96.1 Å². The third-order valence-electron chi connectivity index (χ3n) is 6.60. The van der Waals surface area contributed by atoms with Crippen LogP contribution in [0.4, 0.5) is 5.82 Å². The number of aromatic nitrogens is 3. The molecule has 29 heavy (non-hydrogen) atoms. The molecule has 9 heteroatoms. The van der Waals surface area contributed by atoms with E-state index < -0.39 is 0 Å². The van der Waals surface area contributed by atoms with Gasteiger partial charge in [-0.15, -0.1) is 0 Å². The Morgan fingerprint density at radius 2 is 2.03 bits per heavy atom. The molecule has 2 aromatic heterocycles. The first-order chi connectivity index (χ1) is 14.1. The first-order valence-corrected chi connectivity index (χ1v) is 11.3. The fraction of sp³-hybridized carbons (Fsp3) is 0.600. The molecule has 0 radical (unpaired) electrons. The molecule has 4 unspecified atom stereocenters. The maximum Gasteiger partial charge on any atom is 0.143 e. The smallest absolute Gasteiger partial charge is 0.143 e. The molecule has 5 rings (SSSR count). The van der Waals surface area contributed by atoms with Gasteiger partial charge in [-0.3, -0.25) is 10.1 Å². The van der Waals surface area contributed by atoms with E-state index in [-0.39, 0.29) is 6.04 Å². The molecule has 4 atom stereocenters. The number of hydrazine groups is 1. The molecule has 0 saturated carbocycles. The number of anilines is 1. The third-order valence-corrected chi connectivity index (χ3v) is 7.21. The lowest BCUT2D eigenvalue weighted by molar-refractivity contribution is 0.265. The first kappa shape index (κ1) is 19.4. The van der Waals surface area contributed by atoms with Crippen LogP contribution < -0.4 is 26.8 Å². The van der Waals surface area contributed by atoms with E-state index in [1.54, 1.807) is 0 Å². The van der Waals surface area contributed by atoms with Crippen molar-refractivity contribution in [2.75, 3.05) is 24.5 Å². The van der Waals surface area contributed by atoms with E-state index in [1.807, 2.05) is 17.9 Å². The summed E-state index contributed by atoms with van der Waals surface area (Å²) < 4.78 is 2.93. The van der Waals surface area contributed by atoms with Gasteiger partial charge < -0.3 is 16.0 Å². The van der Waals surface area contributed by atoms with Gasteiger partial charge in [0, 0.05) is 62.5 Å². The number of hydrogen-bond acceptors (Lipinski definition) is 7. The maximum absolute atomic E-state index is 6.09. The molecule has 5 heterocycles. The predicted molar refractivity (Wildman–Crippen MR) is 116 cm³/mol. The molecule has 0 aliphatic carbocycles. The Morgan fingerprint density at radius 1 is 1.21 bits per heavy atom. The minimum Gasteiger partial charge on any atom is -0.356 e. The molecule has 0 amide bonds. The number of fused-ring (bicyclic) bond motifs is 1. The number of nitrogens with two attached hydrogens (primary N) is 1. The lowest BCUT2D eigenvalue weighted by atomic mass is 9.82. The molecule has 3 fully saturated rings. The van der Waals surface area contributed by atoms with Crippen molar-refractivity contribution >= 4 is 21.7 Å². The van der Waals surface area contributed by atoms with Crippen LogP contribution in [0, 0.1) is 5.92 Å². The summed E-state index contributed by atoms with van der Waals surface area (Å²) in [7, 11) is 1.97. The van der Waals surface area contributed by atoms with Crippen molar-refractivity contribution in [2.24, 2.45) is 18.7 Å². The lowest BCUT2D eigenvalue weighted by Crippen LogP contribution is -2.46. The number of halogens is 1. The summed E-state index contributed by atoms with van der Waals surface area (Å²) in [4.78, 5) is 7.45. The number of pyridine rings is 1. The average molecular weight is 461 g/mol. The van der Waals surface area contributed by atoms with Gasteiger partial charge in [0.05, 0.1) is 22.4 Å². The highest BCUT2D eigenvalue weighted by molar-refractivity contribution is 9.10. The minimum atomic E-state index is 0.195. The van der Waals surface area contributed by atoms with Gasteiger partial charge in [-0.1, -0.05) is 0 Å². The molecule has 3 aliphatic heterocycles. The molecule has 0 spiro atoms. The number of nitrogens with zero attached hydrogens (tertiary/aromatic N) is 4. The van der Waals surface area contributed by atoms with Crippen LogP contribution in [0.5, 0.6) is 0 Å². The molecule has 8 nitrogen and oxygen atoms in total. The van der Waals surface area contributed by atoms with Gasteiger partial charge in [0.2, 0.25) is 0 Å². The number of nitrogens with one attached hydrogen (secondary N) is 3. The van der Waals surface area contributed by atoms with Crippen molar-refractivity contribution < 1.29 is 0 Å².